The predicted octanol–water partition coefficient (Wildman–Crippen LogP) is 2.45. The number of hydrogen-bond donors (Lipinski definition) is 1. The van der Waals surface area contributed by atoms with E-state index >= 15 is 0 Å². The highest BCUT2D eigenvalue weighted by atomic mass is 16.5. The third kappa shape index (κ3) is 3.63. The Morgan fingerprint density at radius 1 is 1.17 bits per heavy atom. The van der Waals surface area contributed by atoms with Crippen LogP contribution in [-0.2, 0) is 6.54 Å². The van der Waals surface area contributed by atoms with Crippen LogP contribution < -0.4 is 10.3 Å². The first kappa shape index (κ1) is 16.2. The maximum atomic E-state index is 12.4. The Hall–Kier alpha value is -2.66. The Balaban J connectivity index is 1.70. The van der Waals surface area contributed by atoms with Crippen molar-refractivity contribution in [3.8, 4) is 5.75 Å². The number of fused-ring (bicyclic) bond motifs is 1. The second-order valence-corrected chi connectivity index (χ2v) is 6.01. The van der Waals surface area contributed by atoms with E-state index in [1.807, 2.05) is 44.2 Å². The molecule has 1 unspecified atom stereocenters. The monoisotopic (exact) mass is 324 g/mol. The van der Waals surface area contributed by atoms with Gasteiger partial charge in [0.1, 0.15) is 18.5 Å². The average Bonchev–Trinajstić information content (AvgIpc) is 2.55. The van der Waals surface area contributed by atoms with E-state index in [4.69, 9.17) is 4.74 Å². The Morgan fingerprint density at radius 2 is 1.88 bits per heavy atom. The van der Waals surface area contributed by atoms with Crippen LogP contribution in [-0.4, -0.2) is 27.6 Å². The van der Waals surface area contributed by atoms with Crippen LogP contribution in [0.2, 0.25) is 0 Å². The van der Waals surface area contributed by atoms with Gasteiger partial charge in [0.15, 0.2) is 0 Å². The Morgan fingerprint density at radius 3 is 2.62 bits per heavy atom. The zero-order valence-electron chi connectivity index (χ0n) is 13.8. The molecule has 0 aliphatic carbocycles. The molecule has 0 spiro atoms. The minimum atomic E-state index is -0.822. The molecule has 3 rings (SSSR count). The molecule has 0 bridgehead atoms. The van der Waals surface area contributed by atoms with E-state index in [9.17, 15) is 9.90 Å². The first-order valence-corrected chi connectivity index (χ1v) is 7.87. The summed E-state index contributed by atoms with van der Waals surface area (Å²) in [4.78, 5) is 12.4. The lowest BCUT2D eigenvalue weighted by Crippen LogP contribution is -2.31. The van der Waals surface area contributed by atoms with E-state index < -0.39 is 6.10 Å². The number of benzene rings is 2. The van der Waals surface area contributed by atoms with Crippen LogP contribution >= 0.6 is 0 Å². The van der Waals surface area contributed by atoms with Crippen molar-refractivity contribution in [1.29, 1.82) is 0 Å². The van der Waals surface area contributed by atoms with Crippen LogP contribution in [0.1, 0.15) is 11.1 Å². The molecule has 1 aromatic heterocycles. The van der Waals surface area contributed by atoms with Gasteiger partial charge < -0.3 is 9.84 Å². The molecule has 0 saturated carbocycles. The van der Waals surface area contributed by atoms with E-state index in [-0.39, 0.29) is 18.7 Å². The van der Waals surface area contributed by atoms with Crippen molar-refractivity contribution in [1.82, 2.24) is 9.78 Å². The standard InChI is InChI=1S/C19H20N2O3/c1-13-7-14(2)9-17(8-13)24-12-16(22)11-21-19(23)18-6-4-3-5-15(18)10-20-21/h3-10,16,22H,11-12H2,1-2H3. The first-order valence-electron chi connectivity index (χ1n) is 7.87. The minimum Gasteiger partial charge on any atom is -0.491 e. The fourth-order valence-electron chi connectivity index (χ4n) is 2.72. The normalized spacial score (nSPS) is 12.3. The first-order chi connectivity index (χ1) is 11.5. The van der Waals surface area contributed by atoms with Gasteiger partial charge in [-0.15, -0.1) is 0 Å². The lowest BCUT2D eigenvalue weighted by molar-refractivity contribution is 0.0881. The van der Waals surface area contributed by atoms with Gasteiger partial charge in [-0.2, -0.15) is 5.10 Å². The van der Waals surface area contributed by atoms with Crippen LogP contribution in [0.3, 0.4) is 0 Å². The molecule has 3 aromatic rings. The molecule has 0 aliphatic rings. The highest BCUT2D eigenvalue weighted by Crippen LogP contribution is 2.16. The molecule has 0 saturated heterocycles. The summed E-state index contributed by atoms with van der Waals surface area (Å²) in [5.41, 5.74) is 2.00. The van der Waals surface area contributed by atoms with Crippen molar-refractivity contribution in [2.75, 3.05) is 6.61 Å². The largest absolute Gasteiger partial charge is 0.491 e. The second-order valence-electron chi connectivity index (χ2n) is 6.01. The molecule has 124 valence electrons. The number of rotatable bonds is 5. The van der Waals surface area contributed by atoms with Gasteiger partial charge in [-0.05, 0) is 43.2 Å². The second kappa shape index (κ2) is 6.84. The average molecular weight is 324 g/mol. The molecule has 0 fully saturated rings. The molecule has 1 heterocycles. The van der Waals surface area contributed by atoms with Gasteiger partial charge >= 0.3 is 0 Å². The quantitative estimate of drug-likeness (QED) is 0.783. The third-order valence-electron chi connectivity index (χ3n) is 3.78. The fourth-order valence-corrected chi connectivity index (χ4v) is 2.72. The smallest absolute Gasteiger partial charge is 0.274 e. The molecule has 5 nitrogen and oxygen atoms in total. The number of aliphatic hydroxyl groups excluding tert-OH is 1. The summed E-state index contributed by atoms with van der Waals surface area (Å²) in [7, 11) is 0. The van der Waals surface area contributed by atoms with E-state index in [2.05, 4.69) is 11.2 Å². The highest BCUT2D eigenvalue weighted by Gasteiger charge is 2.11. The summed E-state index contributed by atoms with van der Waals surface area (Å²) >= 11 is 0. The SMILES string of the molecule is Cc1cc(C)cc(OCC(O)Cn2ncc3ccccc3c2=O)c1. The zero-order chi connectivity index (χ0) is 17.1. The van der Waals surface area contributed by atoms with Gasteiger partial charge in [-0.3, -0.25) is 4.79 Å². The third-order valence-corrected chi connectivity index (χ3v) is 3.78. The zero-order valence-corrected chi connectivity index (χ0v) is 13.8. The molecule has 0 amide bonds. The number of aryl methyl sites for hydroxylation is 2. The van der Waals surface area contributed by atoms with E-state index in [1.54, 1.807) is 12.3 Å². The summed E-state index contributed by atoms with van der Waals surface area (Å²) in [5, 5.41) is 15.7. The molecule has 2 aromatic carbocycles. The molecule has 0 aliphatic heterocycles. The van der Waals surface area contributed by atoms with Gasteiger partial charge in [-0.1, -0.05) is 24.3 Å². The number of nitrogens with zero attached hydrogens (tertiary/aromatic N) is 2. The molecule has 5 heteroatoms. The van der Waals surface area contributed by atoms with Crippen molar-refractivity contribution in [3.63, 3.8) is 0 Å². The molecular formula is C19H20N2O3. The predicted molar refractivity (Wildman–Crippen MR) is 93.4 cm³/mol. The molecule has 0 radical (unpaired) electrons. The maximum absolute atomic E-state index is 12.4. The minimum absolute atomic E-state index is 0.0917. The van der Waals surface area contributed by atoms with Gasteiger partial charge in [0, 0.05) is 5.39 Å². The number of aliphatic hydroxyl groups is 1. The lowest BCUT2D eigenvalue weighted by Gasteiger charge is -2.14. The van der Waals surface area contributed by atoms with Gasteiger partial charge in [0.2, 0.25) is 0 Å². The van der Waals surface area contributed by atoms with Gasteiger partial charge in [0.05, 0.1) is 18.1 Å². The fraction of sp³-hybridized carbons (Fsp3) is 0.263. The lowest BCUT2D eigenvalue weighted by atomic mass is 10.1. The van der Waals surface area contributed by atoms with Crippen LogP contribution in [0.5, 0.6) is 5.75 Å². The van der Waals surface area contributed by atoms with Crippen LogP contribution in [0.15, 0.2) is 53.5 Å². The number of hydrogen-bond acceptors (Lipinski definition) is 4. The van der Waals surface area contributed by atoms with Crippen LogP contribution in [0, 0.1) is 13.8 Å². The maximum Gasteiger partial charge on any atom is 0.274 e. The molecule has 1 atom stereocenters. The van der Waals surface area contributed by atoms with E-state index in [0.717, 1.165) is 16.5 Å². The molecular weight excluding hydrogens is 304 g/mol. The summed E-state index contributed by atoms with van der Waals surface area (Å²) in [6.45, 7) is 4.18. The van der Waals surface area contributed by atoms with Crippen molar-refractivity contribution < 1.29 is 9.84 Å². The van der Waals surface area contributed by atoms with Gasteiger partial charge in [0.25, 0.3) is 5.56 Å². The number of aromatic nitrogens is 2. The van der Waals surface area contributed by atoms with Crippen LogP contribution in [0.25, 0.3) is 10.8 Å². The Labute approximate surface area is 140 Å². The Kier molecular flexibility index (Phi) is 4.62. The van der Waals surface area contributed by atoms with Gasteiger partial charge in [-0.25, -0.2) is 4.68 Å². The summed E-state index contributed by atoms with van der Waals surface area (Å²) in [6.07, 6.45) is 0.811. The highest BCUT2D eigenvalue weighted by molar-refractivity contribution is 5.80. The van der Waals surface area contributed by atoms with Crippen LogP contribution in [0.4, 0.5) is 0 Å². The van der Waals surface area contributed by atoms with Crippen molar-refractivity contribution >= 4 is 10.8 Å². The van der Waals surface area contributed by atoms with Crippen molar-refractivity contribution in [3.05, 3.63) is 70.1 Å². The van der Waals surface area contributed by atoms with Crippen molar-refractivity contribution in [2.45, 2.75) is 26.5 Å². The summed E-state index contributed by atoms with van der Waals surface area (Å²) < 4.78 is 6.91. The Bertz CT molecular complexity index is 898. The van der Waals surface area contributed by atoms with E-state index in [0.29, 0.717) is 11.1 Å². The topological polar surface area (TPSA) is 64.3 Å². The summed E-state index contributed by atoms with van der Waals surface area (Å²) in [6, 6.07) is 13.2. The van der Waals surface area contributed by atoms with Crippen molar-refractivity contribution in [2.24, 2.45) is 0 Å². The van der Waals surface area contributed by atoms with E-state index in [1.165, 1.54) is 4.68 Å². The summed E-state index contributed by atoms with van der Waals surface area (Å²) in [5.74, 6) is 0.713. The number of ether oxygens (including phenoxy) is 1. The molecule has 1 N–H and O–H groups in total. The molecule has 24 heavy (non-hydrogen) atoms.